The molecule has 1 rings (SSSR count). The van der Waals surface area contributed by atoms with Crippen molar-refractivity contribution in [1.29, 1.82) is 0 Å². The molecule has 0 bridgehead atoms. The first kappa shape index (κ1) is 11.2. The van der Waals surface area contributed by atoms with Gasteiger partial charge in [0.1, 0.15) is 0 Å². The normalized spacial score (nSPS) is 12.4. The van der Waals surface area contributed by atoms with Gasteiger partial charge in [-0.3, -0.25) is 4.79 Å². The molecule has 4 heteroatoms. The van der Waals surface area contributed by atoms with Crippen LogP contribution in [0.3, 0.4) is 0 Å². The van der Waals surface area contributed by atoms with Crippen molar-refractivity contribution in [3.05, 3.63) is 34.3 Å². The Balaban J connectivity index is 2.99. The molecule has 0 aliphatic heterocycles. The first-order chi connectivity index (χ1) is 6.66. The van der Waals surface area contributed by atoms with Crippen LogP contribution >= 0.6 is 15.9 Å². The minimum Gasteiger partial charge on any atom is -0.481 e. The Bertz CT molecular complexity index is 328. The zero-order chi connectivity index (χ0) is 10.6. The van der Waals surface area contributed by atoms with Crippen molar-refractivity contribution >= 4 is 21.9 Å². The van der Waals surface area contributed by atoms with Crippen molar-refractivity contribution in [2.75, 3.05) is 6.54 Å². The number of hydrogen-bond acceptors (Lipinski definition) is 2. The summed E-state index contributed by atoms with van der Waals surface area (Å²) in [4.78, 5) is 11.0. The van der Waals surface area contributed by atoms with Gasteiger partial charge in [0.05, 0.1) is 5.92 Å². The molecule has 1 aromatic carbocycles. The Morgan fingerprint density at radius 3 is 2.64 bits per heavy atom. The van der Waals surface area contributed by atoms with E-state index < -0.39 is 11.9 Å². The lowest BCUT2D eigenvalue weighted by Crippen LogP contribution is -2.16. The van der Waals surface area contributed by atoms with Gasteiger partial charge in [-0.05, 0) is 24.6 Å². The van der Waals surface area contributed by atoms with Crippen LogP contribution in [-0.2, 0) is 4.79 Å². The molecule has 0 amide bonds. The van der Waals surface area contributed by atoms with Crippen molar-refractivity contribution in [3.63, 3.8) is 0 Å². The van der Waals surface area contributed by atoms with Gasteiger partial charge in [0.15, 0.2) is 0 Å². The highest BCUT2D eigenvalue weighted by Gasteiger charge is 2.20. The zero-order valence-electron chi connectivity index (χ0n) is 7.61. The Hall–Kier alpha value is -0.870. The van der Waals surface area contributed by atoms with Gasteiger partial charge in [0, 0.05) is 4.47 Å². The molecule has 0 fully saturated rings. The maximum atomic E-state index is 11.0. The van der Waals surface area contributed by atoms with Gasteiger partial charge in [-0.15, -0.1) is 0 Å². The lowest BCUT2D eigenvalue weighted by atomic mass is 9.96. The number of carbonyl (C=O) groups is 1. The average molecular weight is 258 g/mol. The number of nitrogens with two attached hydrogens (primary N) is 1. The molecule has 3 N–H and O–H groups in total. The molecule has 0 radical (unpaired) electrons. The maximum Gasteiger partial charge on any atom is 0.311 e. The van der Waals surface area contributed by atoms with Gasteiger partial charge >= 0.3 is 5.97 Å². The molecule has 1 atom stereocenters. The smallest absolute Gasteiger partial charge is 0.311 e. The van der Waals surface area contributed by atoms with Gasteiger partial charge in [0.25, 0.3) is 0 Å². The fourth-order valence-corrected chi connectivity index (χ4v) is 1.90. The lowest BCUT2D eigenvalue weighted by Gasteiger charge is -2.12. The predicted octanol–water partition coefficient (Wildman–Crippen LogP) is 1.97. The number of hydrogen-bond donors (Lipinski definition) is 2. The van der Waals surface area contributed by atoms with E-state index in [1.165, 1.54) is 0 Å². The SMILES string of the molecule is NCCC(C(=O)O)c1ccccc1Br. The quantitative estimate of drug-likeness (QED) is 0.867. The van der Waals surface area contributed by atoms with E-state index in [0.29, 0.717) is 13.0 Å². The van der Waals surface area contributed by atoms with Crippen LogP contribution in [0.5, 0.6) is 0 Å². The Morgan fingerprint density at radius 2 is 2.14 bits per heavy atom. The van der Waals surface area contributed by atoms with E-state index in [9.17, 15) is 4.79 Å². The average Bonchev–Trinajstić information content (AvgIpc) is 2.15. The summed E-state index contributed by atoms with van der Waals surface area (Å²) in [5, 5.41) is 9.01. The van der Waals surface area contributed by atoms with Crippen LogP contribution in [0, 0.1) is 0 Å². The number of rotatable bonds is 4. The second kappa shape index (κ2) is 5.12. The Morgan fingerprint density at radius 1 is 1.50 bits per heavy atom. The summed E-state index contributed by atoms with van der Waals surface area (Å²) < 4.78 is 0.820. The van der Waals surface area contributed by atoms with Crippen LogP contribution in [-0.4, -0.2) is 17.6 Å². The Labute approximate surface area is 91.1 Å². The largest absolute Gasteiger partial charge is 0.481 e. The molecule has 0 spiro atoms. The number of carboxylic acid groups (broad SMARTS) is 1. The summed E-state index contributed by atoms with van der Waals surface area (Å²) in [6.07, 6.45) is 0.456. The lowest BCUT2D eigenvalue weighted by molar-refractivity contribution is -0.138. The third-order valence-electron chi connectivity index (χ3n) is 2.03. The predicted molar refractivity (Wildman–Crippen MR) is 58.2 cm³/mol. The van der Waals surface area contributed by atoms with E-state index in [-0.39, 0.29) is 0 Å². The van der Waals surface area contributed by atoms with Crippen molar-refractivity contribution in [2.45, 2.75) is 12.3 Å². The van der Waals surface area contributed by atoms with E-state index >= 15 is 0 Å². The van der Waals surface area contributed by atoms with Gasteiger partial charge < -0.3 is 10.8 Å². The van der Waals surface area contributed by atoms with Crippen LogP contribution < -0.4 is 5.73 Å². The van der Waals surface area contributed by atoms with Gasteiger partial charge in [-0.25, -0.2) is 0 Å². The van der Waals surface area contributed by atoms with Gasteiger partial charge in [0.2, 0.25) is 0 Å². The summed E-state index contributed by atoms with van der Waals surface area (Å²) in [5.74, 6) is -1.35. The minimum absolute atomic E-state index is 0.373. The molecule has 0 heterocycles. The monoisotopic (exact) mass is 257 g/mol. The van der Waals surface area contributed by atoms with Crippen molar-refractivity contribution in [3.8, 4) is 0 Å². The topological polar surface area (TPSA) is 63.3 Å². The van der Waals surface area contributed by atoms with Gasteiger partial charge in [-0.2, -0.15) is 0 Å². The van der Waals surface area contributed by atoms with Crippen LogP contribution in [0.25, 0.3) is 0 Å². The summed E-state index contributed by atoms with van der Waals surface area (Å²) in [5.41, 5.74) is 6.16. The second-order valence-corrected chi connectivity index (χ2v) is 3.84. The third-order valence-corrected chi connectivity index (χ3v) is 2.76. The summed E-state index contributed by atoms with van der Waals surface area (Å²) in [7, 11) is 0. The minimum atomic E-state index is -0.831. The first-order valence-electron chi connectivity index (χ1n) is 4.34. The first-order valence-corrected chi connectivity index (χ1v) is 5.13. The standard InChI is InChI=1S/C10H12BrNO2/c11-9-4-2-1-3-7(9)8(5-6-12)10(13)14/h1-4,8H,5-6,12H2,(H,13,14). The number of halogens is 1. The number of carboxylic acids is 1. The van der Waals surface area contributed by atoms with Crippen molar-refractivity contribution in [1.82, 2.24) is 0 Å². The molecular weight excluding hydrogens is 246 g/mol. The molecule has 76 valence electrons. The van der Waals surface area contributed by atoms with Gasteiger partial charge in [-0.1, -0.05) is 34.1 Å². The summed E-state index contributed by atoms with van der Waals surface area (Å²) in [6, 6.07) is 7.32. The van der Waals surface area contributed by atoms with Crippen LogP contribution in [0.15, 0.2) is 28.7 Å². The van der Waals surface area contributed by atoms with E-state index in [1.807, 2.05) is 18.2 Å². The highest BCUT2D eigenvalue weighted by Crippen LogP contribution is 2.27. The van der Waals surface area contributed by atoms with Crippen LogP contribution in [0.1, 0.15) is 17.9 Å². The van der Waals surface area contributed by atoms with E-state index in [2.05, 4.69) is 15.9 Å². The molecule has 0 saturated carbocycles. The van der Waals surface area contributed by atoms with E-state index in [0.717, 1.165) is 10.0 Å². The third kappa shape index (κ3) is 2.56. The van der Waals surface area contributed by atoms with E-state index in [4.69, 9.17) is 10.8 Å². The highest BCUT2D eigenvalue weighted by molar-refractivity contribution is 9.10. The fraction of sp³-hybridized carbons (Fsp3) is 0.300. The molecule has 3 nitrogen and oxygen atoms in total. The Kier molecular flexibility index (Phi) is 4.10. The highest BCUT2D eigenvalue weighted by atomic mass is 79.9. The molecule has 0 aliphatic carbocycles. The molecule has 0 aromatic heterocycles. The molecule has 14 heavy (non-hydrogen) atoms. The second-order valence-electron chi connectivity index (χ2n) is 2.99. The van der Waals surface area contributed by atoms with Crippen LogP contribution in [0.4, 0.5) is 0 Å². The molecule has 0 saturated heterocycles. The van der Waals surface area contributed by atoms with E-state index in [1.54, 1.807) is 6.07 Å². The summed E-state index contributed by atoms with van der Waals surface area (Å²) >= 11 is 3.33. The van der Waals surface area contributed by atoms with Crippen LogP contribution in [0.2, 0.25) is 0 Å². The summed E-state index contributed by atoms with van der Waals surface area (Å²) in [6.45, 7) is 0.373. The number of aliphatic carboxylic acids is 1. The van der Waals surface area contributed by atoms with Crippen molar-refractivity contribution in [2.24, 2.45) is 5.73 Å². The molecule has 1 aromatic rings. The van der Waals surface area contributed by atoms with Crippen molar-refractivity contribution < 1.29 is 9.90 Å². The zero-order valence-corrected chi connectivity index (χ0v) is 9.20. The molecule has 0 aliphatic rings. The maximum absolute atomic E-state index is 11.0. The molecule has 1 unspecified atom stereocenters. The number of benzene rings is 1. The molecular formula is C10H12BrNO2. The fourth-order valence-electron chi connectivity index (χ4n) is 1.34.